The second kappa shape index (κ2) is 5.77. The molecule has 100 valence electrons. The third-order valence-corrected chi connectivity index (χ3v) is 3.51. The van der Waals surface area contributed by atoms with Crippen LogP contribution in [0.4, 0.5) is 0 Å². The molecule has 2 N–H and O–H groups in total. The molecule has 18 heavy (non-hydrogen) atoms. The van der Waals surface area contributed by atoms with E-state index >= 15 is 0 Å². The van der Waals surface area contributed by atoms with E-state index < -0.39 is 0 Å². The molecular weight excluding hydrogens is 248 g/mol. The van der Waals surface area contributed by atoms with Crippen LogP contribution >= 0.6 is 12.2 Å². The quantitative estimate of drug-likeness (QED) is 0.805. The zero-order chi connectivity index (χ0) is 13.1. The van der Waals surface area contributed by atoms with Crippen LogP contribution in [-0.2, 0) is 24.8 Å². The van der Waals surface area contributed by atoms with Crippen molar-refractivity contribution in [3.05, 3.63) is 17.5 Å². The van der Waals surface area contributed by atoms with Crippen LogP contribution in [0, 0.1) is 0 Å². The molecule has 0 bridgehead atoms. The number of hydrogen-bond donors (Lipinski definition) is 1. The van der Waals surface area contributed by atoms with Crippen molar-refractivity contribution in [2.24, 2.45) is 12.8 Å². The van der Waals surface area contributed by atoms with Crippen LogP contribution in [0.1, 0.15) is 18.3 Å². The number of ether oxygens (including phenoxy) is 1. The van der Waals surface area contributed by atoms with Crippen molar-refractivity contribution in [2.45, 2.75) is 26.0 Å². The first-order chi connectivity index (χ1) is 8.60. The lowest BCUT2D eigenvalue weighted by Gasteiger charge is -2.32. The number of nitrogens with zero attached hydrogens (tertiary/aromatic N) is 3. The highest BCUT2D eigenvalue weighted by Crippen LogP contribution is 2.12. The predicted molar refractivity (Wildman–Crippen MR) is 74.4 cm³/mol. The molecule has 1 aliphatic heterocycles. The van der Waals surface area contributed by atoms with Crippen LogP contribution in [0.2, 0.25) is 0 Å². The molecule has 1 atom stereocenters. The average Bonchev–Trinajstić information content (AvgIpc) is 2.70. The minimum atomic E-state index is -0.118. The number of nitrogens with two attached hydrogens (primary N) is 1. The molecule has 2 heterocycles. The normalized spacial score (nSPS) is 21.1. The Balaban J connectivity index is 2.00. The predicted octanol–water partition coefficient (Wildman–Crippen LogP) is 0.469. The maximum Gasteiger partial charge on any atom is 0.120 e. The summed E-state index contributed by atoms with van der Waals surface area (Å²) in [7, 11) is 1.99. The number of morpholine rings is 1. The summed E-state index contributed by atoms with van der Waals surface area (Å²) in [5.41, 5.74) is 7.99. The second-order valence-electron chi connectivity index (χ2n) is 4.60. The van der Waals surface area contributed by atoms with Gasteiger partial charge in [-0.25, -0.2) is 0 Å². The molecule has 2 rings (SSSR count). The van der Waals surface area contributed by atoms with Gasteiger partial charge in [-0.15, -0.1) is 0 Å². The van der Waals surface area contributed by atoms with Crippen molar-refractivity contribution < 1.29 is 4.74 Å². The molecule has 1 aromatic heterocycles. The zero-order valence-corrected chi connectivity index (χ0v) is 11.7. The van der Waals surface area contributed by atoms with Crippen molar-refractivity contribution in [3.63, 3.8) is 0 Å². The summed E-state index contributed by atoms with van der Waals surface area (Å²) in [6, 6.07) is 2.16. The van der Waals surface area contributed by atoms with Crippen LogP contribution in [0.15, 0.2) is 6.07 Å². The van der Waals surface area contributed by atoms with Gasteiger partial charge in [-0.2, -0.15) is 5.10 Å². The van der Waals surface area contributed by atoms with Gasteiger partial charge in [0, 0.05) is 26.7 Å². The number of thiocarbonyl (C=S) groups is 1. The van der Waals surface area contributed by atoms with Gasteiger partial charge in [-0.1, -0.05) is 19.1 Å². The van der Waals surface area contributed by atoms with Crippen molar-refractivity contribution in [2.75, 3.05) is 19.7 Å². The molecule has 0 saturated carbocycles. The molecular formula is C12H20N4OS. The first kappa shape index (κ1) is 13.5. The number of rotatable bonds is 4. The molecule has 1 fully saturated rings. The Morgan fingerprint density at radius 1 is 1.67 bits per heavy atom. The van der Waals surface area contributed by atoms with Gasteiger partial charge < -0.3 is 10.5 Å². The van der Waals surface area contributed by atoms with Crippen molar-refractivity contribution >= 4 is 17.2 Å². The van der Waals surface area contributed by atoms with Gasteiger partial charge in [0.1, 0.15) is 11.1 Å². The molecule has 6 heteroatoms. The summed E-state index contributed by atoms with van der Waals surface area (Å²) in [5.74, 6) is 0. The third-order valence-electron chi connectivity index (χ3n) is 3.24. The van der Waals surface area contributed by atoms with Gasteiger partial charge in [-0.3, -0.25) is 9.58 Å². The Labute approximate surface area is 113 Å². The number of aryl methyl sites for hydroxylation is 2. The highest BCUT2D eigenvalue weighted by Gasteiger charge is 2.23. The molecule has 0 amide bonds. The fraction of sp³-hybridized carbons (Fsp3) is 0.667. The van der Waals surface area contributed by atoms with Crippen LogP contribution in [-0.4, -0.2) is 45.5 Å². The topological polar surface area (TPSA) is 56.3 Å². The monoisotopic (exact) mass is 268 g/mol. The van der Waals surface area contributed by atoms with Crippen molar-refractivity contribution in [3.8, 4) is 0 Å². The second-order valence-corrected chi connectivity index (χ2v) is 5.07. The standard InChI is InChI=1S/C12H20N4OS/c1-3-9-6-10(15(2)14-9)7-16-4-5-17-11(8-16)12(13)18/h6,11H,3-5,7-8H2,1-2H3,(H2,13,18). The molecule has 5 nitrogen and oxygen atoms in total. The maximum absolute atomic E-state index is 5.64. The summed E-state index contributed by atoms with van der Waals surface area (Å²) in [5, 5.41) is 4.46. The van der Waals surface area contributed by atoms with Gasteiger partial charge in [0.15, 0.2) is 0 Å². The lowest BCUT2D eigenvalue weighted by atomic mass is 10.2. The van der Waals surface area contributed by atoms with Crippen LogP contribution in [0.3, 0.4) is 0 Å². The fourth-order valence-corrected chi connectivity index (χ4v) is 2.28. The smallest absolute Gasteiger partial charge is 0.120 e. The van der Waals surface area contributed by atoms with Gasteiger partial charge in [0.05, 0.1) is 18.0 Å². The summed E-state index contributed by atoms with van der Waals surface area (Å²) in [4.78, 5) is 2.75. The Morgan fingerprint density at radius 2 is 2.44 bits per heavy atom. The van der Waals surface area contributed by atoms with Gasteiger partial charge in [0.2, 0.25) is 0 Å². The Kier molecular flexibility index (Phi) is 4.31. The molecule has 1 unspecified atom stereocenters. The molecule has 1 aromatic rings. The first-order valence-corrected chi connectivity index (χ1v) is 6.66. The number of hydrogen-bond acceptors (Lipinski definition) is 4. The molecule has 0 spiro atoms. The minimum absolute atomic E-state index is 0.118. The maximum atomic E-state index is 5.64. The SMILES string of the molecule is CCc1cc(CN2CCOC(C(N)=S)C2)n(C)n1. The minimum Gasteiger partial charge on any atom is -0.391 e. The summed E-state index contributed by atoms with van der Waals surface area (Å²) in [6.45, 7) is 5.34. The molecule has 1 saturated heterocycles. The summed E-state index contributed by atoms with van der Waals surface area (Å²) in [6.07, 6.45) is 0.847. The first-order valence-electron chi connectivity index (χ1n) is 6.25. The van der Waals surface area contributed by atoms with Crippen molar-refractivity contribution in [1.29, 1.82) is 0 Å². The zero-order valence-electron chi connectivity index (χ0n) is 10.9. The van der Waals surface area contributed by atoms with E-state index in [1.165, 1.54) is 5.69 Å². The summed E-state index contributed by atoms with van der Waals surface area (Å²) >= 11 is 4.99. The van der Waals surface area contributed by atoms with E-state index in [9.17, 15) is 0 Å². The van der Waals surface area contributed by atoms with E-state index in [1.807, 2.05) is 11.7 Å². The van der Waals surface area contributed by atoms with Crippen LogP contribution < -0.4 is 5.73 Å². The highest BCUT2D eigenvalue weighted by molar-refractivity contribution is 7.80. The van der Waals surface area contributed by atoms with Crippen LogP contribution in [0.5, 0.6) is 0 Å². The molecule has 0 aliphatic carbocycles. The Bertz CT molecular complexity index is 432. The molecule has 0 aromatic carbocycles. The van der Waals surface area contributed by atoms with E-state index in [-0.39, 0.29) is 6.10 Å². The molecule has 1 aliphatic rings. The third kappa shape index (κ3) is 3.07. The Hall–Kier alpha value is -0.980. The van der Waals surface area contributed by atoms with E-state index in [4.69, 9.17) is 22.7 Å². The van der Waals surface area contributed by atoms with E-state index in [0.29, 0.717) is 11.6 Å². The van der Waals surface area contributed by atoms with Crippen molar-refractivity contribution in [1.82, 2.24) is 14.7 Å². The van der Waals surface area contributed by atoms with E-state index in [1.54, 1.807) is 0 Å². The van der Waals surface area contributed by atoms with E-state index in [2.05, 4.69) is 23.0 Å². The summed E-state index contributed by atoms with van der Waals surface area (Å²) < 4.78 is 7.48. The lowest BCUT2D eigenvalue weighted by Crippen LogP contribution is -2.47. The fourth-order valence-electron chi connectivity index (χ4n) is 2.14. The average molecular weight is 268 g/mol. The Morgan fingerprint density at radius 3 is 3.06 bits per heavy atom. The van der Waals surface area contributed by atoms with Gasteiger partial charge >= 0.3 is 0 Å². The van der Waals surface area contributed by atoms with E-state index in [0.717, 1.165) is 31.7 Å². The highest BCUT2D eigenvalue weighted by atomic mass is 32.1. The lowest BCUT2D eigenvalue weighted by molar-refractivity contribution is 0.00306. The largest absolute Gasteiger partial charge is 0.391 e. The number of aromatic nitrogens is 2. The van der Waals surface area contributed by atoms with Crippen LogP contribution in [0.25, 0.3) is 0 Å². The molecule has 0 radical (unpaired) electrons. The van der Waals surface area contributed by atoms with Gasteiger partial charge in [-0.05, 0) is 12.5 Å². The van der Waals surface area contributed by atoms with Gasteiger partial charge in [0.25, 0.3) is 0 Å².